The highest BCUT2D eigenvalue weighted by atomic mass is 32.2. The van der Waals surface area contributed by atoms with Crippen LogP contribution in [0.3, 0.4) is 0 Å². The Labute approximate surface area is 113 Å². The van der Waals surface area contributed by atoms with Crippen molar-refractivity contribution in [2.75, 3.05) is 16.6 Å². The maximum Gasteiger partial charge on any atom is 0.261 e. The second-order valence-electron chi connectivity index (χ2n) is 4.03. The maximum atomic E-state index is 12.1. The van der Waals surface area contributed by atoms with E-state index in [9.17, 15) is 8.42 Å². The van der Waals surface area contributed by atoms with Crippen LogP contribution in [-0.4, -0.2) is 15.0 Å². The molecular formula is C14H16N2O2S. The van der Waals surface area contributed by atoms with E-state index in [0.717, 1.165) is 12.2 Å². The Morgan fingerprint density at radius 1 is 0.895 bits per heavy atom. The monoisotopic (exact) mass is 276 g/mol. The predicted molar refractivity (Wildman–Crippen MR) is 77.9 cm³/mol. The van der Waals surface area contributed by atoms with Crippen LogP contribution in [0.5, 0.6) is 0 Å². The second-order valence-corrected chi connectivity index (χ2v) is 5.71. The minimum absolute atomic E-state index is 0.255. The van der Waals surface area contributed by atoms with Gasteiger partial charge in [-0.15, -0.1) is 0 Å². The summed E-state index contributed by atoms with van der Waals surface area (Å²) in [6.45, 7) is 2.83. The first-order chi connectivity index (χ1) is 9.12. The first kappa shape index (κ1) is 13.4. The van der Waals surface area contributed by atoms with Gasteiger partial charge in [0.2, 0.25) is 0 Å². The Morgan fingerprint density at radius 2 is 1.47 bits per heavy atom. The Morgan fingerprint density at radius 3 is 2.05 bits per heavy atom. The lowest BCUT2D eigenvalue weighted by Gasteiger charge is -2.09. The lowest BCUT2D eigenvalue weighted by Crippen LogP contribution is -2.12. The fraction of sp³-hybridized carbons (Fsp3) is 0.143. The topological polar surface area (TPSA) is 58.2 Å². The summed E-state index contributed by atoms with van der Waals surface area (Å²) in [4.78, 5) is 0.255. The molecule has 0 saturated heterocycles. The van der Waals surface area contributed by atoms with Crippen molar-refractivity contribution in [1.82, 2.24) is 0 Å². The van der Waals surface area contributed by atoms with Crippen LogP contribution in [0, 0.1) is 0 Å². The zero-order valence-electron chi connectivity index (χ0n) is 10.6. The lowest BCUT2D eigenvalue weighted by molar-refractivity contribution is 0.601. The SMILES string of the molecule is CCNc1ccc(NS(=O)(=O)c2ccccc2)cc1. The van der Waals surface area contributed by atoms with E-state index >= 15 is 0 Å². The average molecular weight is 276 g/mol. The minimum atomic E-state index is -3.51. The Hall–Kier alpha value is -2.01. The van der Waals surface area contributed by atoms with Crippen LogP contribution in [0.15, 0.2) is 59.5 Å². The van der Waals surface area contributed by atoms with Crippen molar-refractivity contribution in [2.45, 2.75) is 11.8 Å². The molecule has 0 saturated carbocycles. The molecular weight excluding hydrogens is 260 g/mol. The molecule has 0 aliphatic rings. The fourth-order valence-electron chi connectivity index (χ4n) is 1.67. The quantitative estimate of drug-likeness (QED) is 0.882. The molecule has 0 radical (unpaired) electrons. The summed E-state index contributed by atoms with van der Waals surface area (Å²) < 4.78 is 26.7. The van der Waals surface area contributed by atoms with Gasteiger partial charge in [-0.25, -0.2) is 8.42 Å². The molecule has 5 heteroatoms. The molecule has 0 aliphatic heterocycles. The van der Waals surface area contributed by atoms with Crippen molar-refractivity contribution in [3.63, 3.8) is 0 Å². The summed E-state index contributed by atoms with van der Waals surface area (Å²) >= 11 is 0. The van der Waals surface area contributed by atoms with Crippen LogP contribution < -0.4 is 10.0 Å². The standard InChI is InChI=1S/C14H16N2O2S/c1-2-15-12-8-10-13(11-9-12)16-19(17,18)14-6-4-3-5-7-14/h3-11,15-16H,2H2,1H3. The van der Waals surface area contributed by atoms with Crippen molar-refractivity contribution in [3.8, 4) is 0 Å². The Bertz CT molecular complexity index is 622. The van der Waals surface area contributed by atoms with Crippen LogP contribution in [0.2, 0.25) is 0 Å². The van der Waals surface area contributed by atoms with E-state index in [1.165, 1.54) is 0 Å². The fourth-order valence-corrected chi connectivity index (χ4v) is 2.75. The van der Waals surface area contributed by atoms with Crippen LogP contribution in [0.4, 0.5) is 11.4 Å². The van der Waals surface area contributed by atoms with E-state index in [4.69, 9.17) is 0 Å². The van der Waals surface area contributed by atoms with Crippen molar-refractivity contribution in [3.05, 3.63) is 54.6 Å². The third kappa shape index (κ3) is 3.48. The number of hydrogen-bond donors (Lipinski definition) is 2. The molecule has 0 spiro atoms. The molecule has 0 unspecified atom stereocenters. The van der Waals surface area contributed by atoms with Gasteiger partial charge in [0, 0.05) is 17.9 Å². The number of nitrogens with one attached hydrogen (secondary N) is 2. The van der Waals surface area contributed by atoms with Gasteiger partial charge in [0.15, 0.2) is 0 Å². The number of sulfonamides is 1. The van der Waals surface area contributed by atoms with Crippen molar-refractivity contribution >= 4 is 21.4 Å². The molecule has 19 heavy (non-hydrogen) atoms. The van der Waals surface area contributed by atoms with Gasteiger partial charge < -0.3 is 5.32 Å². The van der Waals surface area contributed by atoms with Crippen molar-refractivity contribution < 1.29 is 8.42 Å². The van der Waals surface area contributed by atoms with Gasteiger partial charge in [-0.3, -0.25) is 4.72 Å². The molecule has 0 atom stereocenters. The Kier molecular flexibility index (Phi) is 4.06. The predicted octanol–water partition coefficient (Wildman–Crippen LogP) is 2.92. The van der Waals surface area contributed by atoms with E-state index in [1.54, 1.807) is 42.5 Å². The summed E-state index contributed by atoms with van der Waals surface area (Å²) in [5.74, 6) is 0. The molecule has 0 fully saturated rings. The zero-order valence-corrected chi connectivity index (χ0v) is 11.4. The number of anilines is 2. The molecule has 0 amide bonds. The van der Waals surface area contributed by atoms with Crippen LogP contribution in [0.1, 0.15) is 6.92 Å². The molecule has 2 rings (SSSR count). The first-order valence-electron chi connectivity index (χ1n) is 6.03. The highest BCUT2D eigenvalue weighted by molar-refractivity contribution is 7.92. The summed E-state index contributed by atoms with van der Waals surface area (Å²) in [6.07, 6.45) is 0. The van der Waals surface area contributed by atoms with Gasteiger partial charge in [0.1, 0.15) is 0 Å². The number of rotatable bonds is 5. The van der Waals surface area contributed by atoms with E-state index in [0.29, 0.717) is 5.69 Å². The van der Waals surface area contributed by atoms with Crippen LogP contribution in [0.25, 0.3) is 0 Å². The van der Waals surface area contributed by atoms with Gasteiger partial charge in [0.25, 0.3) is 10.0 Å². The molecule has 2 aromatic carbocycles. The van der Waals surface area contributed by atoms with Gasteiger partial charge in [-0.1, -0.05) is 18.2 Å². The molecule has 4 nitrogen and oxygen atoms in total. The van der Waals surface area contributed by atoms with Crippen LogP contribution in [-0.2, 0) is 10.0 Å². The highest BCUT2D eigenvalue weighted by Gasteiger charge is 2.12. The molecule has 0 aliphatic carbocycles. The molecule has 100 valence electrons. The van der Waals surface area contributed by atoms with Gasteiger partial charge in [-0.05, 0) is 43.3 Å². The summed E-state index contributed by atoms with van der Waals surface area (Å²) in [5, 5.41) is 3.15. The Balaban J connectivity index is 2.17. The number of benzene rings is 2. The van der Waals surface area contributed by atoms with Crippen molar-refractivity contribution in [2.24, 2.45) is 0 Å². The van der Waals surface area contributed by atoms with E-state index < -0.39 is 10.0 Å². The molecule has 2 N–H and O–H groups in total. The summed E-state index contributed by atoms with van der Waals surface area (Å²) in [6, 6.07) is 15.5. The summed E-state index contributed by atoms with van der Waals surface area (Å²) in [7, 11) is -3.51. The number of hydrogen-bond acceptors (Lipinski definition) is 3. The maximum absolute atomic E-state index is 12.1. The smallest absolute Gasteiger partial charge is 0.261 e. The van der Waals surface area contributed by atoms with Gasteiger partial charge in [0.05, 0.1) is 4.90 Å². The largest absolute Gasteiger partial charge is 0.385 e. The molecule has 0 heterocycles. The first-order valence-corrected chi connectivity index (χ1v) is 7.52. The molecule has 0 bridgehead atoms. The normalized spacial score (nSPS) is 11.0. The minimum Gasteiger partial charge on any atom is -0.385 e. The summed E-state index contributed by atoms with van der Waals surface area (Å²) in [5.41, 5.74) is 1.51. The van der Waals surface area contributed by atoms with E-state index in [-0.39, 0.29) is 4.90 Å². The third-order valence-corrected chi connectivity index (χ3v) is 3.97. The van der Waals surface area contributed by atoms with Crippen LogP contribution >= 0.6 is 0 Å². The van der Waals surface area contributed by atoms with Crippen molar-refractivity contribution in [1.29, 1.82) is 0 Å². The molecule has 0 aromatic heterocycles. The average Bonchev–Trinajstić information content (AvgIpc) is 2.42. The zero-order chi connectivity index (χ0) is 13.7. The van der Waals surface area contributed by atoms with Gasteiger partial charge >= 0.3 is 0 Å². The lowest BCUT2D eigenvalue weighted by atomic mass is 10.3. The van der Waals surface area contributed by atoms with Gasteiger partial charge in [-0.2, -0.15) is 0 Å². The second kappa shape index (κ2) is 5.75. The third-order valence-electron chi connectivity index (χ3n) is 2.57. The highest BCUT2D eigenvalue weighted by Crippen LogP contribution is 2.18. The van der Waals surface area contributed by atoms with E-state index in [1.807, 2.05) is 19.1 Å². The van der Waals surface area contributed by atoms with E-state index in [2.05, 4.69) is 10.0 Å². The molecule has 2 aromatic rings.